The number of amides is 2. The number of hydrogen-bond donors (Lipinski definition) is 2. The van der Waals surface area contributed by atoms with E-state index < -0.39 is 26.4 Å². The molecular weight excluding hydrogens is 402 g/mol. The number of anilines is 1. The first kappa shape index (κ1) is 21.8. The van der Waals surface area contributed by atoms with E-state index in [2.05, 4.69) is 10.6 Å². The molecular formula is C18H19N3O7S. The highest BCUT2D eigenvalue weighted by molar-refractivity contribution is 7.90. The van der Waals surface area contributed by atoms with Crippen molar-refractivity contribution in [2.45, 2.75) is 11.8 Å². The zero-order chi connectivity index (χ0) is 21.6. The van der Waals surface area contributed by atoms with Gasteiger partial charge in [0.05, 0.1) is 9.82 Å². The van der Waals surface area contributed by atoms with Crippen molar-refractivity contribution in [2.75, 3.05) is 24.7 Å². The van der Waals surface area contributed by atoms with Gasteiger partial charge in [-0.05, 0) is 37.3 Å². The topological polar surface area (TPSA) is 145 Å². The van der Waals surface area contributed by atoms with Crippen LogP contribution in [0.5, 0.6) is 5.75 Å². The van der Waals surface area contributed by atoms with Gasteiger partial charge in [0.1, 0.15) is 5.75 Å². The van der Waals surface area contributed by atoms with Gasteiger partial charge >= 0.3 is 0 Å². The molecule has 0 saturated carbocycles. The average molecular weight is 421 g/mol. The number of nitro benzene ring substituents is 1. The van der Waals surface area contributed by atoms with Crippen LogP contribution in [0.2, 0.25) is 0 Å². The molecule has 0 spiro atoms. The maximum atomic E-state index is 12.4. The van der Waals surface area contributed by atoms with E-state index in [4.69, 9.17) is 4.74 Å². The SMILES string of the molecule is CCNC(=O)COc1ccc(NC(=O)c2cc([N+](=O)[O-])cc(S(C)(=O)=O)c2)cc1. The van der Waals surface area contributed by atoms with Crippen LogP contribution in [-0.2, 0) is 14.6 Å². The van der Waals surface area contributed by atoms with E-state index in [0.29, 0.717) is 18.0 Å². The van der Waals surface area contributed by atoms with Gasteiger partial charge in [0.2, 0.25) is 0 Å². The monoisotopic (exact) mass is 421 g/mol. The Morgan fingerprint density at radius 1 is 1.14 bits per heavy atom. The summed E-state index contributed by atoms with van der Waals surface area (Å²) in [5.74, 6) is -0.573. The van der Waals surface area contributed by atoms with Crippen LogP contribution in [0.4, 0.5) is 11.4 Å². The third kappa shape index (κ3) is 6.28. The fourth-order valence-electron chi connectivity index (χ4n) is 2.27. The van der Waals surface area contributed by atoms with Crippen molar-refractivity contribution in [2.24, 2.45) is 0 Å². The van der Waals surface area contributed by atoms with E-state index in [9.17, 15) is 28.1 Å². The molecule has 0 atom stereocenters. The second-order valence-electron chi connectivity index (χ2n) is 5.97. The van der Waals surface area contributed by atoms with E-state index in [-0.39, 0.29) is 23.0 Å². The predicted molar refractivity (Wildman–Crippen MR) is 105 cm³/mol. The Morgan fingerprint density at radius 3 is 2.34 bits per heavy atom. The molecule has 10 nitrogen and oxygen atoms in total. The number of non-ortho nitro benzene ring substituents is 1. The molecule has 0 heterocycles. The molecule has 0 fully saturated rings. The van der Waals surface area contributed by atoms with Crippen molar-refractivity contribution < 1.29 is 27.7 Å². The first-order valence-electron chi connectivity index (χ1n) is 8.40. The summed E-state index contributed by atoms with van der Waals surface area (Å²) in [6.45, 7) is 2.13. The zero-order valence-corrected chi connectivity index (χ0v) is 16.5. The molecule has 0 saturated heterocycles. The molecule has 2 aromatic carbocycles. The van der Waals surface area contributed by atoms with Gasteiger partial charge in [0.15, 0.2) is 16.4 Å². The number of likely N-dealkylation sites (N-methyl/N-ethyl adjacent to an activating group) is 1. The second-order valence-corrected chi connectivity index (χ2v) is 7.98. The number of nitro groups is 1. The van der Waals surface area contributed by atoms with Crippen LogP contribution < -0.4 is 15.4 Å². The van der Waals surface area contributed by atoms with Gasteiger partial charge in [0.25, 0.3) is 17.5 Å². The molecule has 0 radical (unpaired) electrons. The molecule has 0 unspecified atom stereocenters. The number of nitrogens with zero attached hydrogens (tertiary/aromatic N) is 1. The van der Waals surface area contributed by atoms with Crippen LogP contribution in [0.15, 0.2) is 47.4 Å². The van der Waals surface area contributed by atoms with E-state index in [0.717, 1.165) is 24.5 Å². The molecule has 154 valence electrons. The quantitative estimate of drug-likeness (QED) is 0.488. The maximum absolute atomic E-state index is 12.4. The minimum atomic E-state index is -3.74. The van der Waals surface area contributed by atoms with Crippen molar-refractivity contribution in [1.29, 1.82) is 0 Å². The number of sulfone groups is 1. The first-order valence-corrected chi connectivity index (χ1v) is 10.3. The van der Waals surface area contributed by atoms with Crippen LogP contribution >= 0.6 is 0 Å². The lowest BCUT2D eigenvalue weighted by Gasteiger charge is -2.09. The van der Waals surface area contributed by atoms with Crippen molar-refractivity contribution in [3.05, 3.63) is 58.1 Å². The first-order chi connectivity index (χ1) is 13.6. The lowest BCUT2D eigenvalue weighted by Crippen LogP contribution is -2.28. The Morgan fingerprint density at radius 2 is 1.79 bits per heavy atom. The number of ether oxygens (including phenoxy) is 1. The third-order valence-corrected chi connectivity index (χ3v) is 4.74. The summed E-state index contributed by atoms with van der Waals surface area (Å²) in [7, 11) is -3.74. The molecule has 11 heteroatoms. The minimum Gasteiger partial charge on any atom is -0.484 e. The van der Waals surface area contributed by atoms with Gasteiger partial charge < -0.3 is 15.4 Å². The largest absolute Gasteiger partial charge is 0.484 e. The summed E-state index contributed by atoms with van der Waals surface area (Å²) < 4.78 is 28.8. The third-order valence-electron chi connectivity index (χ3n) is 3.65. The molecule has 0 aliphatic carbocycles. The van der Waals surface area contributed by atoms with Gasteiger partial charge in [-0.1, -0.05) is 0 Å². The van der Waals surface area contributed by atoms with Crippen LogP contribution in [0.25, 0.3) is 0 Å². The summed E-state index contributed by atoms with van der Waals surface area (Å²) in [6, 6.07) is 9.05. The van der Waals surface area contributed by atoms with E-state index in [1.54, 1.807) is 6.92 Å². The van der Waals surface area contributed by atoms with Crippen LogP contribution in [0.3, 0.4) is 0 Å². The molecule has 0 aliphatic heterocycles. The highest BCUT2D eigenvalue weighted by Gasteiger charge is 2.19. The van der Waals surface area contributed by atoms with Gasteiger partial charge in [-0.2, -0.15) is 0 Å². The molecule has 2 N–H and O–H groups in total. The lowest BCUT2D eigenvalue weighted by molar-refractivity contribution is -0.385. The highest BCUT2D eigenvalue weighted by atomic mass is 32.2. The van der Waals surface area contributed by atoms with Crippen molar-refractivity contribution >= 4 is 33.0 Å². The summed E-state index contributed by atoms with van der Waals surface area (Å²) >= 11 is 0. The van der Waals surface area contributed by atoms with Crippen LogP contribution in [0, 0.1) is 10.1 Å². The summed E-state index contributed by atoms with van der Waals surface area (Å²) in [5, 5.41) is 16.1. The van der Waals surface area contributed by atoms with Crippen molar-refractivity contribution in [1.82, 2.24) is 5.32 Å². The highest BCUT2D eigenvalue weighted by Crippen LogP contribution is 2.22. The molecule has 2 aromatic rings. The van der Waals surface area contributed by atoms with Gasteiger partial charge in [0, 0.05) is 36.2 Å². The number of nitrogens with one attached hydrogen (secondary N) is 2. The second kappa shape index (κ2) is 9.15. The fourth-order valence-corrected chi connectivity index (χ4v) is 2.94. The molecule has 2 rings (SSSR count). The zero-order valence-electron chi connectivity index (χ0n) is 15.7. The van der Waals surface area contributed by atoms with Crippen molar-refractivity contribution in [3.8, 4) is 5.75 Å². The number of rotatable bonds is 8. The minimum absolute atomic E-state index is 0.151. The number of benzene rings is 2. The van der Waals surface area contributed by atoms with E-state index in [1.165, 1.54) is 24.3 Å². The Kier molecular flexibility index (Phi) is 6.89. The van der Waals surface area contributed by atoms with Gasteiger partial charge in [-0.15, -0.1) is 0 Å². The summed E-state index contributed by atoms with van der Waals surface area (Å²) in [5.41, 5.74) is -0.323. The number of carbonyl (C=O) groups is 2. The number of hydrogen-bond acceptors (Lipinski definition) is 7. The molecule has 0 bridgehead atoms. The Hall–Kier alpha value is -3.47. The standard InChI is InChI=1S/C18H19N3O7S/c1-3-19-17(22)11-28-15-6-4-13(5-7-15)20-18(23)12-8-14(21(24)25)10-16(9-12)29(2,26)27/h4-10H,3,11H2,1-2H3,(H,19,22)(H,20,23). The van der Waals surface area contributed by atoms with E-state index >= 15 is 0 Å². The number of carbonyl (C=O) groups excluding carboxylic acids is 2. The molecule has 0 aliphatic rings. The van der Waals surface area contributed by atoms with Crippen LogP contribution in [0.1, 0.15) is 17.3 Å². The van der Waals surface area contributed by atoms with Gasteiger partial charge in [-0.3, -0.25) is 19.7 Å². The average Bonchev–Trinajstić information content (AvgIpc) is 2.66. The molecule has 0 aromatic heterocycles. The summed E-state index contributed by atoms with van der Waals surface area (Å²) in [4.78, 5) is 33.7. The Labute approximate surface area is 166 Å². The Bertz CT molecular complexity index is 1030. The molecule has 29 heavy (non-hydrogen) atoms. The van der Waals surface area contributed by atoms with Crippen LogP contribution in [-0.4, -0.2) is 44.6 Å². The molecule has 2 amide bonds. The normalized spacial score (nSPS) is 10.8. The van der Waals surface area contributed by atoms with E-state index in [1.807, 2.05) is 0 Å². The maximum Gasteiger partial charge on any atom is 0.271 e. The Balaban J connectivity index is 2.15. The summed E-state index contributed by atoms with van der Waals surface area (Å²) in [6.07, 6.45) is 0.896. The fraction of sp³-hybridized carbons (Fsp3) is 0.222. The van der Waals surface area contributed by atoms with Gasteiger partial charge in [-0.25, -0.2) is 8.42 Å². The lowest BCUT2D eigenvalue weighted by atomic mass is 10.2. The van der Waals surface area contributed by atoms with Crippen molar-refractivity contribution in [3.63, 3.8) is 0 Å². The smallest absolute Gasteiger partial charge is 0.271 e. The predicted octanol–water partition coefficient (Wildman–Crippen LogP) is 1.77.